The van der Waals surface area contributed by atoms with E-state index in [2.05, 4.69) is 36.2 Å². The average Bonchev–Trinajstić information content (AvgIpc) is 2.95. The number of likely N-dealkylation sites (tertiary alicyclic amines) is 1. The van der Waals surface area contributed by atoms with Crippen molar-refractivity contribution in [3.05, 3.63) is 35.5 Å². The van der Waals surface area contributed by atoms with Crippen molar-refractivity contribution in [1.82, 2.24) is 9.88 Å². The Morgan fingerprint density at radius 1 is 1.25 bits per heavy atom. The standard InChI is InChI=1S/C20H28N2O2/c1-5-17-13-16-12-15(6-7-18(16)21-17)14-8-10-22(11-9-14)19(23)24-20(2,3)4/h6-7,12-14,21H,5,8-11H2,1-4H3. The molecule has 0 atom stereocenters. The van der Waals surface area contributed by atoms with Crippen LogP contribution in [-0.2, 0) is 11.2 Å². The molecule has 130 valence electrons. The van der Waals surface area contributed by atoms with Crippen LogP contribution in [0.2, 0.25) is 0 Å². The van der Waals surface area contributed by atoms with Crippen molar-refractivity contribution in [2.75, 3.05) is 13.1 Å². The number of carbonyl (C=O) groups excluding carboxylic acids is 1. The topological polar surface area (TPSA) is 45.3 Å². The van der Waals surface area contributed by atoms with Crippen molar-refractivity contribution in [3.63, 3.8) is 0 Å². The fourth-order valence-corrected chi connectivity index (χ4v) is 3.38. The second-order valence-corrected chi connectivity index (χ2v) is 7.74. The molecular weight excluding hydrogens is 300 g/mol. The van der Waals surface area contributed by atoms with Crippen LogP contribution in [0.3, 0.4) is 0 Å². The number of H-pyrrole nitrogens is 1. The molecule has 1 amide bonds. The normalized spacial score (nSPS) is 16.6. The van der Waals surface area contributed by atoms with Gasteiger partial charge in [-0.1, -0.05) is 13.0 Å². The van der Waals surface area contributed by atoms with Crippen molar-refractivity contribution in [2.24, 2.45) is 0 Å². The van der Waals surface area contributed by atoms with E-state index in [9.17, 15) is 4.79 Å². The molecule has 0 unspecified atom stereocenters. The first-order chi connectivity index (χ1) is 11.4. The number of hydrogen-bond donors (Lipinski definition) is 1. The van der Waals surface area contributed by atoms with E-state index in [1.807, 2.05) is 25.7 Å². The molecule has 0 bridgehead atoms. The molecule has 0 saturated carbocycles. The Morgan fingerprint density at radius 3 is 2.58 bits per heavy atom. The van der Waals surface area contributed by atoms with Gasteiger partial charge in [-0.2, -0.15) is 0 Å². The lowest BCUT2D eigenvalue weighted by molar-refractivity contribution is 0.0205. The Hall–Kier alpha value is -1.97. The molecule has 1 saturated heterocycles. The molecule has 4 heteroatoms. The predicted molar refractivity (Wildman–Crippen MR) is 97.5 cm³/mol. The minimum Gasteiger partial charge on any atom is -0.444 e. The van der Waals surface area contributed by atoms with Gasteiger partial charge in [-0.15, -0.1) is 0 Å². The van der Waals surface area contributed by atoms with E-state index in [1.54, 1.807) is 0 Å². The molecule has 4 nitrogen and oxygen atoms in total. The monoisotopic (exact) mass is 328 g/mol. The highest BCUT2D eigenvalue weighted by Crippen LogP contribution is 2.31. The van der Waals surface area contributed by atoms with Crippen LogP contribution in [0.15, 0.2) is 24.3 Å². The van der Waals surface area contributed by atoms with Crippen molar-refractivity contribution < 1.29 is 9.53 Å². The average molecular weight is 328 g/mol. The van der Waals surface area contributed by atoms with Gasteiger partial charge in [0.1, 0.15) is 5.60 Å². The zero-order valence-electron chi connectivity index (χ0n) is 15.2. The SMILES string of the molecule is CCc1cc2cc(C3CCN(C(=O)OC(C)(C)C)CC3)ccc2[nH]1. The number of rotatable bonds is 2. The molecule has 1 aliphatic heterocycles. The first-order valence-electron chi connectivity index (χ1n) is 8.95. The fraction of sp³-hybridized carbons (Fsp3) is 0.550. The molecule has 0 aliphatic carbocycles. The minimum absolute atomic E-state index is 0.186. The Morgan fingerprint density at radius 2 is 1.96 bits per heavy atom. The van der Waals surface area contributed by atoms with E-state index in [4.69, 9.17) is 4.74 Å². The Balaban J connectivity index is 1.65. The number of aromatic amines is 1. The van der Waals surface area contributed by atoms with Gasteiger partial charge in [0.2, 0.25) is 0 Å². The van der Waals surface area contributed by atoms with Gasteiger partial charge >= 0.3 is 6.09 Å². The van der Waals surface area contributed by atoms with Crippen LogP contribution in [0.5, 0.6) is 0 Å². The molecule has 0 spiro atoms. The summed E-state index contributed by atoms with van der Waals surface area (Å²) in [6.07, 6.45) is 2.83. The number of aromatic nitrogens is 1. The maximum atomic E-state index is 12.2. The third-order valence-corrected chi connectivity index (χ3v) is 4.70. The lowest BCUT2D eigenvalue weighted by Crippen LogP contribution is -2.41. The van der Waals surface area contributed by atoms with Crippen molar-refractivity contribution in [2.45, 2.75) is 58.5 Å². The van der Waals surface area contributed by atoms with Crippen molar-refractivity contribution in [1.29, 1.82) is 0 Å². The molecule has 3 rings (SSSR count). The van der Waals surface area contributed by atoms with Crippen molar-refractivity contribution in [3.8, 4) is 0 Å². The third-order valence-electron chi connectivity index (χ3n) is 4.70. The summed E-state index contributed by atoms with van der Waals surface area (Å²) in [6.45, 7) is 9.44. The zero-order valence-corrected chi connectivity index (χ0v) is 15.2. The number of piperidine rings is 1. The van der Waals surface area contributed by atoms with E-state index in [1.165, 1.54) is 22.2 Å². The number of nitrogens with one attached hydrogen (secondary N) is 1. The van der Waals surface area contributed by atoms with Gasteiger partial charge in [0.05, 0.1) is 0 Å². The summed E-state index contributed by atoms with van der Waals surface area (Å²) in [6, 6.07) is 8.96. The Kier molecular flexibility index (Phi) is 4.57. The van der Waals surface area contributed by atoms with Gasteiger partial charge in [0.25, 0.3) is 0 Å². The number of amides is 1. The summed E-state index contributed by atoms with van der Waals surface area (Å²) in [5, 5.41) is 1.29. The highest BCUT2D eigenvalue weighted by Gasteiger charge is 2.27. The van der Waals surface area contributed by atoms with Gasteiger partial charge in [-0.25, -0.2) is 4.79 Å². The molecule has 2 heterocycles. The minimum atomic E-state index is -0.426. The molecule has 0 radical (unpaired) electrons. The smallest absolute Gasteiger partial charge is 0.410 e. The Labute approximate surface area is 144 Å². The number of ether oxygens (including phenoxy) is 1. The zero-order chi connectivity index (χ0) is 17.3. The second kappa shape index (κ2) is 6.50. The van der Waals surface area contributed by atoms with Crippen LogP contribution >= 0.6 is 0 Å². The van der Waals surface area contributed by atoms with E-state index in [0.29, 0.717) is 5.92 Å². The first kappa shape index (κ1) is 16.9. The highest BCUT2D eigenvalue weighted by atomic mass is 16.6. The summed E-state index contributed by atoms with van der Waals surface area (Å²) in [5.41, 5.74) is 3.45. The van der Waals surface area contributed by atoms with E-state index < -0.39 is 5.60 Å². The van der Waals surface area contributed by atoms with E-state index >= 15 is 0 Å². The van der Waals surface area contributed by atoms with Crippen LogP contribution in [-0.4, -0.2) is 34.7 Å². The maximum absolute atomic E-state index is 12.2. The summed E-state index contributed by atoms with van der Waals surface area (Å²) < 4.78 is 5.47. The number of hydrogen-bond acceptors (Lipinski definition) is 2. The van der Waals surface area contributed by atoms with Gasteiger partial charge in [-0.05, 0) is 75.1 Å². The lowest BCUT2D eigenvalue weighted by Gasteiger charge is -2.33. The molecule has 24 heavy (non-hydrogen) atoms. The molecular formula is C20H28N2O2. The third kappa shape index (κ3) is 3.74. The summed E-state index contributed by atoms with van der Waals surface area (Å²) in [4.78, 5) is 17.5. The number of carbonyl (C=O) groups is 1. The van der Waals surface area contributed by atoms with Crippen LogP contribution in [0, 0.1) is 0 Å². The van der Waals surface area contributed by atoms with E-state index in [-0.39, 0.29) is 6.09 Å². The molecule has 1 aromatic heterocycles. The number of fused-ring (bicyclic) bond motifs is 1. The lowest BCUT2D eigenvalue weighted by atomic mass is 9.89. The maximum Gasteiger partial charge on any atom is 0.410 e. The highest BCUT2D eigenvalue weighted by molar-refractivity contribution is 5.81. The molecule has 1 N–H and O–H groups in total. The summed E-state index contributed by atoms with van der Waals surface area (Å²) >= 11 is 0. The van der Waals surface area contributed by atoms with Crippen LogP contribution < -0.4 is 0 Å². The Bertz CT molecular complexity index is 719. The summed E-state index contributed by atoms with van der Waals surface area (Å²) in [7, 11) is 0. The predicted octanol–water partition coefficient (Wildman–Crippen LogP) is 4.84. The van der Waals surface area contributed by atoms with Gasteiger partial charge in [0.15, 0.2) is 0 Å². The quantitative estimate of drug-likeness (QED) is 0.857. The molecule has 1 aromatic carbocycles. The van der Waals surface area contributed by atoms with Gasteiger partial charge < -0.3 is 14.6 Å². The number of aryl methyl sites for hydroxylation is 1. The first-order valence-corrected chi connectivity index (χ1v) is 8.95. The summed E-state index contributed by atoms with van der Waals surface area (Å²) in [5.74, 6) is 0.521. The van der Waals surface area contributed by atoms with Gasteiger partial charge in [0, 0.05) is 24.3 Å². The van der Waals surface area contributed by atoms with E-state index in [0.717, 1.165) is 32.4 Å². The molecule has 1 aliphatic rings. The second-order valence-electron chi connectivity index (χ2n) is 7.74. The molecule has 2 aromatic rings. The fourth-order valence-electron chi connectivity index (χ4n) is 3.38. The van der Waals surface area contributed by atoms with Crippen LogP contribution in [0.4, 0.5) is 4.79 Å². The van der Waals surface area contributed by atoms with Crippen LogP contribution in [0.1, 0.15) is 57.7 Å². The number of benzene rings is 1. The molecule has 1 fully saturated rings. The van der Waals surface area contributed by atoms with Crippen LogP contribution in [0.25, 0.3) is 10.9 Å². The number of nitrogens with zero attached hydrogens (tertiary/aromatic N) is 1. The van der Waals surface area contributed by atoms with Crippen molar-refractivity contribution >= 4 is 17.0 Å². The van der Waals surface area contributed by atoms with Gasteiger partial charge in [-0.3, -0.25) is 0 Å². The largest absolute Gasteiger partial charge is 0.444 e.